The summed E-state index contributed by atoms with van der Waals surface area (Å²) in [6.07, 6.45) is 0. The largest absolute Gasteiger partial charge is 0.457 e. The van der Waals surface area contributed by atoms with Crippen LogP contribution in [-0.2, 0) is 4.66 Å². The molecular formula is C56H47N3OS2Si3. The van der Waals surface area contributed by atoms with Gasteiger partial charge in [-0.3, -0.25) is 8.97 Å². The van der Waals surface area contributed by atoms with Crippen molar-refractivity contribution in [2.45, 2.75) is 30.6 Å². The van der Waals surface area contributed by atoms with Crippen LogP contribution in [0.1, 0.15) is 23.5 Å². The van der Waals surface area contributed by atoms with Gasteiger partial charge in [0.15, 0.2) is 8.07 Å². The molecule has 0 fully saturated rings. The molecular weight excluding hydrogens is 879 g/mol. The summed E-state index contributed by atoms with van der Waals surface area (Å²) in [7, 11) is -14.0. The summed E-state index contributed by atoms with van der Waals surface area (Å²) in [5.74, 6) is 1.26. The minimum Gasteiger partial charge on any atom is -0.457 e. The van der Waals surface area contributed by atoms with Crippen molar-refractivity contribution in [1.29, 1.82) is 0 Å². The topological polar surface area (TPSA) is 31.5 Å². The number of hydrogen-bond donors (Lipinski definition) is 0. The molecule has 0 N–H and O–H groups in total. The maximum Gasteiger partial charge on any atom is 0.220 e. The molecule has 0 bridgehead atoms. The van der Waals surface area contributed by atoms with E-state index in [9.17, 15) is 12.3 Å². The van der Waals surface area contributed by atoms with Crippen LogP contribution in [0.4, 0.5) is 0 Å². The molecule has 0 spiro atoms. The zero-order chi connectivity index (χ0) is 51.5. The van der Waals surface area contributed by atoms with E-state index >= 15 is 0 Å². The molecule has 2 atom stereocenters. The summed E-state index contributed by atoms with van der Waals surface area (Å²) < 4.78 is 100. The van der Waals surface area contributed by atoms with Crippen molar-refractivity contribution in [3.8, 4) is 17.2 Å². The first-order valence-corrected chi connectivity index (χ1v) is 29.9. The van der Waals surface area contributed by atoms with Gasteiger partial charge in [0.25, 0.3) is 0 Å². The fourth-order valence-corrected chi connectivity index (χ4v) is 28.3. The van der Waals surface area contributed by atoms with E-state index in [1.807, 2.05) is 84.2 Å². The first-order chi connectivity index (χ1) is 35.5. The fourth-order valence-electron chi connectivity index (χ4n) is 10.9. The first-order valence-electron chi connectivity index (χ1n) is 26.1. The van der Waals surface area contributed by atoms with E-state index in [0.717, 1.165) is 65.6 Å². The molecule has 7 aromatic carbocycles. The lowest BCUT2D eigenvalue weighted by molar-refractivity contribution is 0.453. The number of benzene rings is 7. The highest BCUT2D eigenvalue weighted by Crippen LogP contribution is 2.57. The SMILES string of the molecule is [2H]C([2H])([2H])[Si](C)(c1cccs1)C1([Si](c2cccs2)(C([2H])([2H])[2H])C([2H])([2H])[2H])c2ccccc2Oc2c1cccc2[Si](c1ccccc1)(c1ccccc1)c1cccc(-n2c3ccccc3n3c4ccccc4nc23)c1. The van der Waals surface area contributed by atoms with Crippen LogP contribution < -0.4 is 34.5 Å². The van der Waals surface area contributed by atoms with Crippen LogP contribution in [0.3, 0.4) is 0 Å². The molecule has 0 amide bonds. The van der Waals surface area contributed by atoms with Crippen molar-refractivity contribution in [3.05, 3.63) is 222 Å². The van der Waals surface area contributed by atoms with Gasteiger partial charge < -0.3 is 4.74 Å². The highest BCUT2D eigenvalue weighted by Gasteiger charge is 2.65. The summed E-state index contributed by atoms with van der Waals surface area (Å²) in [6, 6.07) is 65.1. The minimum absolute atomic E-state index is 0.185. The van der Waals surface area contributed by atoms with Crippen LogP contribution in [0.15, 0.2) is 211 Å². The van der Waals surface area contributed by atoms with Crippen molar-refractivity contribution >= 4 is 104 Å². The summed E-state index contributed by atoms with van der Waals surface area (Å²) in [4.78, 5) is 5.23. The number of hydrogen-bond acceptors (Lipinski definition) is 4. The minimum atomic E-state index is -5.46. The van der Waals surface area contributed by atoms with Crippen molar-refractivity contribution in [2.75, 3.05) is 0 Å². The van der Waals surface area contributed by atoms with E-state index in [1.165, 1.54) is 11.3 Å². The Balaban J connectivity index is 1.28. The number of fused-ring (bicyclic) bond motifs is 7. The molecule has 1 aliphatic rings. The van der Waals surface area contributed by atoms with Crippen molar-refractivity contribution in [3.63, 3.8) is 0 Å². The van der Waals surface area contributed by atoms with Gasteiger partial charge in [0, 0.05) is 33.8 Å². The highest BCUT2D eigenvalue weighted by atomic mass is 32.1. The van der Waals surface area contributed by atoms with Gasteiger partial charge in [-0.1, -0.05) is 184 Å². The Kier molecular flexibility index (Phi) is 7.33. The first kappa shape index (κ1) is 31.5. The molecule has 9 heteroatoms. The van der Waals surface area contributed by atoms with E-state index in [2.05, 4.69) is 75.7 Å². The van der Waals surface area contributed by atoms with Gasteiger partial charge in [0.2, 0.25) is 5.78 Å². The number of imidazole rings is 2. The lowest BCUT2D eigenvalue weighted by Crippen LogP contribution is -2.77. The number of nitrogens with zero attached hydrogens (tertiary/aromatic N) is 3. The molecule has 11 aromatic rings. The summed E-state index contributed by atoms with van der Waals surface area (Å²) >= 11 is 2.35. The lowest BCUT2D eigenvalue weighted by atomic mass is 9.98. The van der Waals surface area contributed by atoms with Gasteiger partial charge in [-0.15, -0.1) is 0 Å². The Labute approximate surface area is 403 Å². The number of aromatic nitrogens is 3. The average Bonchev–Trinajstić information content (AvgIpc) is 4.23. The maximum absolute atomic E-state index is 9.99. The number of ether oxygens (including phenoxy) is 1. The van der Waals surface area contributed by atoms with Crippen LogP contribution in [0, 0.1) is 0 Å². The third kappa shape index (κ3) is 5.60. The van der Waals surface area contributed by atoms with Gasteiger partial charge >= 0.3 is 0 Å². The molecule has 65 heavy (non-hydrogen) atoms. The van der Waals surface area contributed by atoms with E-state index in [-0.39, 0.29) is 27.1 Å². The van der Waals surface area contributed by atoms with E-state index < -0.39 is 48.3 Å². The molecule has 12 rings (SSSR count). The fraction of sp³-hybridized carbons (Fsp3) is 0.0893. The third-order valence-corrected chi connectivity index (χ3v) is 31.0. The molecule has 0 radical (unpaired) electrons. The van der Waals surface area contributed by atoms with Crippen molar-refractivity contribution in [1.82, 2.24) is 14.0 Å². The van der Waals surface area contributed by atoms with E-state index in [0.29, 0.717) is 4.50 Å². The second kappa shape index (κ2) is 15.1. The van der Waals surface area contributed by atoms with E-state index in [1.54, 1.807) is 66.5 Å². The number of thiophene rings is 2. The molecule has 4 nitrogen and oxygen atoms in total. The summed E-state index contributed by atoms with van der Waals surface area (Å²) in [6.45, 7) is -7.56. The zero-order valence-electron chi connectivity index (χ0n) is 44.3. The molecule has 0 saturated carbocycles. The standard InChI is InChI=1S/C56H47N3OS2Si3/c1-63(2,52-35-19-37-61-52)56(64(3,4)53-36-20-38-62-53)44-27-11-16-33-50(44)60-54-45(56)28-18-34-51(54)65(41-22-7-5-8-23-41,42-24-9-6-10-25-42)43-26-17-21-40(39-43)58-48-31-14-15-32-49(48)59-47-30-13-12-29-46(47)57-55(58)59/h5-39H,1-4H3/i1D3,2D3,3D3. The zero-order valence-corrected chi connectivity index (χ0v) is 39.9. The smallest absolute Gasteiger partial charge is 0.220 e. The van der Waals surface area contributed by atoms with Gasteiger partial charge in [-0.25, -0.2) is 4.98 Å². The van der Waals surface area contributed by atoms with Crippen molar-refractivity contribution < 1.29 is 17.1 Å². The Morgan fingerprint density at radius 1 is 0.538 bits per heavy atom. The molecule has 0 aliphatic carbocycles. The number of rotatable bonds is 9. The van der Waals surface area contributed by atoms with Crippen molar-refractivity contribution in [2.24, 2.45) is 0 Å². The Morgan fingerprint density at radius 2 is 1.12 bits per heavy atom. The second-order valence-electron chi connectivity index (χ2n) is 17.0. The van der Waals surface area contributed by atoms with Gasteiger partial charge in [-0.05, 0) is 83.0 Å². The summed E-state index contributed by atoms with van der Waals surface area (Å²) in [5.41, 5.74) is 5.20. The molecule has 316 valence electrons. The molecule has 5 heterocycles. The Hall–Kier alpha value is -6.34. The third-order valence-electron chi connectivity index (χ3n) is 13.6. The number of para-hydroxylation sites is 6. The predicted octanol–water partition coefficient (Wildman–Crippen LogP) is 10.6. The van der Waals surface area contributed by atoms with E-state index in [4.69, 9.17) is 9.72 Å². The Bertz CT molecular complexity index is 3840. The predicted molar refractivity (Wildman–Crippen MR) is 283 cm³/mol. The lowest BCUT2D eigenvalue weighted by Gasteiger charge is -2.57. The molecule has 4 aromatic heterocycles. The average molecular weight is 935 g/mol. The van der Waals surface area contributed by atoms with Gasteiger partial charge in [-0.2, -0.15) is 22.7 Å². The van der Waals surface area contributed by atoms with Crippen LogP contribution in [0.25, 0.3) is 33.5 Å². The van der Waals surface area contributed by atoms with Crippen LogP contribution >= 0.6 is 22.7 Å². The molecule has 2 unspecified atom stereocenters. The summed E-state index contributed by atoms with van der Waals surface area (Å²) in [5, 5.41) is 7.14. The van der Waals surface area contributed by atoms with Gasteiger partial charge in [0.1, 0.15) is 27.6 Å². The second-order valence-corrected chi connectivity index (χ2v) is 30.2. The Morgan fingerprint density at radius 3 is 1.82 bits per heavy atom. The molecule has 1 aliphatic heterocycles. The highest BCUT2D eigenvalue weighted by molar-refractivity contribution is 7.32. The van der Waals surface area contributed by atoms with Crippen LogP contribution in [0.5, 0.6) is 11.5 Å². The van der Waals surface area contributed by atoms with Crippen LogP contribution in [0.2, 0.25) is 26.0 Å². The quantitative estimate of drug-likeness (QED) is 0.107. The normalized spacial score (nSPS) is 18.6. The maximum atomic E-state index is 9.99. The van der Waals surface area contributed by atoms with Crippen LogP contribution in [-0.4, -0.2) is 38.2 Å². The molecule has 0 saturated heterocycles. The monoisotopic (exact) mass is 934 g/mol. The van der Waals surface area contributed by atoms with Gasteiger partial charge in [0.05, 0.1) is 22.1 Å².